The highest BCUT2D eigenvalue weighted by Gasteiger charge is 2.17. The first kappa shape index (κ1) is 12.6. The standard InChI is InChI=1S/C13H18NO2/c1-10(11-8-6-5-7-9-11)14-12(15)16-13(2,3)4/h5-8,10H,1-4H3,(H,14,15)/t10-/m0/s1. The molecule has 0 aliphatic heterocycles. The van der Waals surface area contributed by atoms with E-state index in [0.717, 1.165) is 5.56 Å². The minimum atomic E-state index is -0.468. The number of carbonyl (C=O) groups is 1. The number of carbonyl (C=O) groups excluding carboxylic acids is 1. The van der Waals surface area contributed by atoms with Crippen molar-refractivity contribution in [2.24, 2.45) is 0 Å². The Labute approximate surface area is 96.8 Å². The zero-order chi connectivity index (χ0) is 12.2. The van der Waals surface area contributed by atoms with Crippen molar-refractivity contribution in [2.75, 3.05) is 0 Å². The zero-order valence-corrected chi connectivity index (χ0v) is 10.2. The normalized spacial score (nSPS) is 13.0. The molecule has 1 rings (SSSR count). The molecule has 0 fully saturated rings. The van der Waals surface area contributed by atoms with Crippen LogP contribution in [0, 0.1) is 6.07 Å². The fraction of sp³-hybridized carbons (Fsp3) is 0.462. The molecule has 1 amide bonds. The summed E-state index contributed by atoms with van der Waals surface area (Å²) in [5.41, 5.74) is 0.470. The molecule has 0 spiro atoms. The van der Waals surface area contributed by atoms with Crippen molar-refractivity contribution in [2.45, 2.75) is 39.3 Å². The zero-order valence-electron chi connectivity index (χ0n) is 10.2. The van der Waals surface area contributed by atoms with Crippen molar-refractivity contribution < 1.29 is 9.53 Å². The largest absolute Gasteiger partial charge is 0.444 e. The predicted octanol–water partition coefficient (Wildman–Crippen LogP) is 3.07. The first-order valence-electron chi connectivity index (χ1n) is 5.34. The molecule has 0 bridgehead atoms. The molecule has 3 nitrogen and oxygen atoms in total. The lowest BCUT2D eigenvalue weighted by Crippen LogP contribution is -2.34. The molecule has 1 radical (unpaired) electrons. The van der Waals surface area contributed by atoms with Gasteiger partial charge in [0.25, 0.3) is 0 Å². The SMILES string of the molecule is C[C@H](NC(=O)OC(C)(C)C)c1[c]cccc1. The number of rotatable bonds is 2. The molecule has 1 aromatic carbocycles. The number of amides is 1. The van der Waals surface area contributed by atoms with E-state index in [0.29, 0.717) is 0 Å². The smallest absolute Gasteiger partial charge is 0.408 e. The van der Waals surface area contributed by atoms with Gasteiger partial charge in [0.1, 0.15) is 5.60 Å². The van der Waals surface area contributed by atoms with Gasteiger partial charge in [0.15, 0.2) is 0 Å². The van der Waals surface area contributed by atoms with Crippen molar-refractivity contribution >= 4 is 6.09 Å². The van der Waals surface area contributed by atoms with Crippen molar-refractivity contribution in [3.05, 3.63) is 35.9 Å². The maximum absolute atomic E-state index is 11.5. The van der Waals surface area contributed by atoms with Crippen molar-refractivity contribution in [1.29, 1.82) is 0 Å². The minimum absolute atomic E-state index is 0.101. The third-order valence-electron chi connectivity index (χ3n) is 1.93. The van der Waals surface area contributed by atoms with E-state index in [4.69, 9.17) is 4.74 Å². The van der Waals surface area contributed by atoms with Crippen LogP contribution < -0.4 is 5.32 Å². The number of ether oxygens (including phenoxy) is 1. The van der Waals surface area contributed by atoms with E-state index in [9.17, 15) is 4.79 Å². The number of hydrogen-bond acceptors (Lipinski definition) is 2. The summed E-state index contributed by atoms with van der Waals surface area (Å²) in [6.07, 6.45) is -0.405. The molecule has 3 heteroatoms. The van der Waals surface area contributed by atoms with Gasteiger partial charge < -0.3 is 10.1 Å². The Morgan fingerprint density at radius 1 is 1.44 bits per heavy atom. The fourth-order valence-corrected chi connectivity index (χ4v) is 1.24. The quantitative estimate of drug-likeness (QED) is 0.831. The third-order valence-corrected chi connectivity index (χ3v) is 1.93. The highest BCUT2D eigenvalue weighted by Crippen LogP contribution is 2.12. The lowest BCUT2D eigenvalue weighted by molar-refractivity contribution is 0.0508. The van der Waals surface area contributed by atoms with E-state index >= 15 is 0 Å². The summed E-state index contributed by atoms with van der Waals surface area (Å²) in [5, 5.41) is 2.76. The summed E-state index contributed by atoms with van der Waals surface area (Å²) in [6, 6.07) is 10.5. The maximum Gasteiger partial charge on any atom is 0.408 e. The highest BCUT2D eigenvalue weighted by atomic mass is 16.6. The number of benzene rings is 1. The van der Waals surface area contributed by atoms with Crippen LogP contribution in [0.3, 0.4) is 0 Å². The molecule has 0 unspecified atom stereocenters. The summed E-state index contributed by atoms with van der Waals surface area (Å²) in [6.45, 7) is 7.42. The summed E-state index contributed by atoms with van der Waals surface area (Å²) in [7, 11) is 0. The van der Waals surface area contributed by atoms with Crippen LogP contribution in [0.2, 0.25) is 0 Å². The van der Waals surface area contributed by atoms with E-state index in [1.54, 1.807) is 0 Å². The van der Waals surface area contributed by atoms with Gasteiger partial charge in [0.2, 0.25) is 0 Å². The fourth-order valence-electron chi connectivity index (χ4n) is 1.24. The van der Waals surface area contributed by atoms with Gasteiger partial charge in [-0.1, -0.05) is 24.3 Å². The van der Waals surface area contributed by atoms with Gasteiger partial charge in [-0.3, -0.25) is 0 Å². The molecular formula is C13H18NO2. The molecule has 0 aromatic heterocycles. The van der Waals surface area contributed by atoms with Gasteiger partial charge >= 0.3 is 6.09 Å². The lowest BCUT2D eigenvalue weighted by Gasteiger charge is -2.22. The molecule has 1 aromatic rings. The van der Waals surface area contributed by atoms with Gasteiger partial charge in [0.05, 0.1) is 6.04 Å². The van der Waals surface area contributed by atoms with Crippen LogP contribution in [0.4, 0.5) is 4.79 Å². The summed E-state index contributed by atoms with van der Waals surface area (Å²) >= 11 is 0. The van der Waals surface area contributed by atoms with E-state index in [2.05, 4.69) is 11.4 Å². The molecule has 0 saturated carbocycles. The van der Waals surface area contributed by atoms with E-state index < -0.39 is 11.7 Å². The second-order valence-electron chi connectivity index (χ2n) is 4.69. The third kappa shape index (κ3) is 4.34. The van der Waals surface area contributed by atoms with E-state index in [1.807, 2.05) is 52.0 Å². The van der Waals surface area contributed by atoms with Gasteiger partial charge in [-0.15, -0.1) is 0 Å². The van der Waals surface area contributed by atoms with Crippen LogP contribution in [-0.2, 0) is 4.74 Å². The first-order valence-corrected chi connectivity index (χ1v) is 5.34. The van der Waals surface area contributed by atoms with Crippen molar-refractivity contribution in [3.8, 4) is 0 Å². The topological polar surface area (TPSA) is 38.3 Å². The second kappa shape index (κ2) is 5.01. The average Bonchev–Trinajstić information content (AvgIpc) is 2.16. The molecule has 1 atom stereocenters. The van der Waals surface area contributed by atoms with E-state index in [-0.39, 0.29) is 6.04 Å². The molecule has 0 heterocycles. The average molecular weight is 220 g/mol. The number of alkyl carbamates (subject to hydrolysis) is 1. The first-order chi connectivity index (χ1) is 7.38. The Bertz CT molecular complexity index is 341. The monoisotopic (exact) mass is 220 g/mol. The van der Waals surface area contributed by atoms with Crippen LogP contribution in [0.15, 0.2) is 24.3 Å². The summed E-state index contributed by atoms with van der Waals surface area (Å²) < 4.78 is 5.17. The molecule has 16 heavy (non-hydrogen) atoms. The van der Waals surface area contributed by atoms with Gasteiger partial charge in [-0.25, -0.2) is 4.79 Å². The van der Waals surface area contributed by atoms with Crippen molar-refractivity contribution in [1.82, 2.24) is 5.32 Å². The molecular weight excluding hydrogens is 202 g/mol. The summed E-state index contributed by atoms with van der Waals surface area (Å²) in [5.74, 6) is 0. The van der Waals surface area contributed by atoms with Crippen LogP contribution in [0.25, 0.3) is 0 Å². The molecule has 87 valence electrons. The highest BCUT2D eigenvalue weighted by molar-refractivity contribution is 5.68. The Balaban J connectivity index is 2.52. The minimum Gasteiger partial charge on any atom is -0.444 e. The Kier molecular flexibility index (Phi) is 3.93. The Morgan fingerprint density at radius 2 is 2.12 bits per heavy atom. The summed E-state index contributed by atoms with van der Waals surface area (Å²) in [4.78, 5) is 11.5. The number of hydrogen-bond donors (Lipinski definition) is 1. The Morgan fingerprint density at radius 3 is 2.62 bits per heavy atom. The van der Waals surface area contributed by atoms with Gasteiger partial charge in [0, 0.05) is 0 Å². The van der Waals surface area contributed by atoms with Crippen LogP contribution in [0.5, 0.6) is 0 Å². The molecule has 0 saturated heterocycles. The van der Waals surface area contributed by atoms with Crippen LogP contribution >= 0.6 is 0 Å². The van der Waals surface area contributed by atoms with E-state index in [1.165, 1.54) is 0 Å². The van der Waals surface area contributed by atoms with Crippen LogP contribution in [-0.4, -0.2) is 11.7 Å². The molecule has 1 N–H and O–H groups in total. The Hall–Kier alpha value is -1.51. The van der Waals surface area contributed by atoms with Crippen molar-refractivity contribution in [3.63, 3.8) is 0 Å². The van der Waals surface area contributed by atoms with Gasteiger partial charge in [-0.05, 0) is 39.3 Å². The lowest BCUT2D eigenvalue weighted by atomic mass is 10.1. The van der Waals surface area contributed by atoms with Gasteiger partial charge in [-0.2, -0.15) is 0 Å². The number of nitrogens with one attached hydrogen (secondary N) is 1. The second-order valence-corrected chi connectivity index (χ2v) is 4.69. The predicted molar refractivity (Wildman–Crippen MR) is 63.1 cm³/mol. The molecule has 0 aliphatic rings. The molecule has 0 aliphatic carbocycles. The maximum atomic E-state index is 11.5. The van der Waals surface area contributed by atoms with Crippen LogP contribution in [0.1, 0.15) is 39.3 Å².